The van der Waals surface area contributed by atoms with Gasteiger partial charge in [-0.1, -0.05) is 6.07 Å². The van der Waals surface area contributed by atoms with Gasteiger partial charge in [-0.15, -0.1) is 0 Å². The van der Waals surface area contributed by atoms with Crippen LogP contribution in [0.15, 0.2) is 18.3 Å². The summed E-state index contributed by atoms with van der Waals surface area (Å²) >= 11 is 0. The fourth-order valence-corrected chi connectivity index (χ4v) is 2.27. The lowest BCUT2D eigenvalue weighted by atomic mass is 10.0. The van der Waals surface area contributed by atoms with E-state index in [1.165, 1.54) is 0 Å². The van der Waals surface area contributed by atoms with Crippen LogP contribution in [0.3, 0.4) is 0 Å². The zero-order valence-corrected chi connectivity index (χ0v) is 9.68. The van der Waals surface area contributed by atoms with Crippen LogP contribution in [0.2, 0.25) is 0 Å². The normalized spacial score (nSPS) is 25.2. The van der Waals surface area contributed by atoms with Gasteiger partial charge in [0, 0.05) is 30.9 Å². The zero-order valence-electron chi connectivity index (χ0n) is 9.68. The highest BCUT2D eigenvalue weighted by molar-refractivity contribution is 5.80. The number of hydrogen-bond donors (Lipinski definition) is 1. The summed E-state index contributed by atoms with van der Waals surface area (Å²) in [6.07, 6.45) is 2.26. The molecule has 2 heterocycles. The van der Waals surface area contributed by atoms with E-state index >= 15 is 0 Å². The molecular weight excluding hydrogens is 202 g/mol. The average molecular weight is 219 g/mol. The van der Waals surface area contributed by atoms with Crippen molar-refractivity contribution in [2.45, 2.75) is 32.4 Å². The smallest absolute Gasteiger partial charge is 0.224 e. The molecule has 2 rings (SSSR count). The van der Waals surface area contributed by atoms with E-state index in [4.69, 9.17) is 5.73 Å². The third-order valence-corrected chi connectivity index (χ3v) is 3.09. The van der Waals surface area contributed by atoms with Crippen LogP contribution >= 0.6 is 0 Å². The van der Waals surface area contributed by atoms with Gasteiger partial charge in [-0.25, -0.2) is 0 Å². The largest absolute Gasteiger partial charge is 0.334 e. The fourth-order valence-electron chi connectivity index (χ4n) is 2.27. The Morgan fingerprint density at radius 1 is 1.56 bits per heavy atom. The summed E-state index contributed by atoms with van der Waals surface area (Å²) in [5, 5.41) is 0. The van der Waals surface area contributed by atoms with E-state index in [9.17, 15) is 4.79 Å². The van der Waals surface area contributed by atoms with Crippen LogP contribution in [0.1, 0.15) is 30.6 Å². The molecule has 1 fully saturated rings. The van der Waals surface area contributed by atoms with Crippen molar-refractivity contribution in [1.29, 1.82) is 0 Å². The van der Waals surface area contributed by atoms with E-state index in [0.29, 0.717) is 13.0 Å². The highest BCUT2D eigenvalue weighted by Crippen LogP contribution is 2.31. The fraction of sp³-hybridized carbons (Fsp3) is 0.500. The average Bonchev–Trinajstić information content (AvgIpc) is 2.54. The zero-order chi connectivity index (χ0) is 11.7. The highest BCUT2D eigenvalue weighted by atomic mass is 16.2. The van der Waals surface area contributed by atoms with Crippen molar-refractivity contribution < 1.29 is 4.79 Å². The monoisotopic (exact) mass is 219 g/mol. The van der Waals surface area contributed by atoms with Gasteiger partial charge in [0.2, 0.25) is 5.91 Å². The molecule has 1 aliphatic rings. The number of amides is 1. The van der Waals surface area contributed by atoms with Crippen molar-refractivity contribution in [1.82, 2.24) is 9.88 Å². The molecule has 0 saturated carbocycles. The number of aromatic nitrogens is 1. The number of nitrogens with zero attached hydrogens (tertiary/aromatic N) is 2. The number of rotatable bonds is 2. The molecule has 0 radical (unpaired) electrons. The second-order valence-electron chi connectivity index (χ2n) is 4.23. The summed E-state index contributed by atoms with van der Waals surface area (Å²) in [5.41, 5.74) is 8.02. The standard InChI is InChI=1S/C12H17N3O/c1-3-15-11(16)6-10(13)12(15)9-5-4-8(2)14-7-9/h4-5,7,10,12H,3,6,13H2,1-2H3/t10-,12+/m0/s1. The maximum Gasteiger partial charge on any atom is 0.224 e. The maximum absolute atomic E-state index is 11.7. The van der Waals surface area contributed by atoms with Crippen molar-refractivity contribution in [2.75, 3.05) is 6.54 Å². The molecule has 0 spiro atoms. The minimum absolute atomic E-state index is 0.00870. The Morgan fingerprint density at radius 2 is 2.31 bits per heavy atom. The van der Waals surface area contributed by atoms with E-state index in [-0.39, 0.29) is 18.0 Å². The molecule has 2 N–H and O–H groups in total. The minimum Gasteiger partial charge on any atom is -0.334 e. The van der Waals surface area contributed by atoms with Gasteiger partial charge in [0.25, 0.3) is 0 Å². The molecule has 1 aliphatic heterocycles. The topological polar surface area (TPSA) is 59.2 Å². The van der Waals surface area contributed by atoms with Gasteiger partial charge < -0.3 is 10.6 Å². The van der Waals surface area contributed by atoms with Crippen LogP contribution in [0, 0.1) is 6.92 Å². The van der Waals surface area contributed by atoms with Gasteiger partial charge in [-0.3, -0.25) is 9.78 Å². The van der Waals surface area contributed by atoms with Crippen LogP contribution in [0.4, 0.5) is 0 Å². The van der Waals surface area contributed by atoms with Gasteiger partial charge in [-0.2, -0.15) is 0 Å². The van der Waals surface area contributed by atoms with Gasteiger partial charge in [0.1, 0.15) is 0 Å². The molecule has 86 valence electrons. The Labute approximate surface area is 95.5 Å². The van der Waals surface area contributed by atoms with Crippen molar-refractivity contribution in [2.24, 2.45) is 5.73 Å². The summed E-state index contributed by atoms with van der Waals surface area (Å²) in [6.45, 7) is 4.62. The van der Waals surface area contributed by atoms with Crippen LogP contribution in [-0.4, -0.2) is 28.4 Å². The van der Waals surface area contributed by atoms with Gasteiger partial charge in [-0.05, 0) is 25.5 Å². The van der Waals surface area contributed by atoms with E-state index in [0.717, 1.165) is 11.3 Å². The van der Waals surface area contributed by atoms with Gasteiger partial charge in [0.05, 0.1) is 6.04 Å². The number of likely N-dealkylation sites (N-methyl/N-ethyl adjacent to an activating group) is 1. The number of aryl methyl sites for hydroxylation is 1. The van der Waals surface area contributed by atoms with Crippen molar-refractivity contribution >= 4 is 5.91 Å². The Morgan fingerprint density at radius 3 is 2.88 bits per heavy atom. The lowest BCUT2D eigenvalue weighted by molar-refractivity contribution is -0.128. The molecule has 1 amide bonds. The molecular formula is C12H17N3O. The number of nitrogens with two attached hydrogens (primary N) is 1. The third kappa shape index (κ3) is 1.80. The molecule has 0 aliphatic carbocycles. The predicted molar refractivity (Wildman–Crippen MR) is 61.7 cm³/mol. The summed E-state index contributed by atoms with van der Waals surface area (Å²) in [7, 11) is 0. The molecule has 4 nitrogen and oxygen atoms in total. The van der Waals surface area contributed by atoms with Crippen molar-refractivity contribution in [3.63, 3.8) is 0 Å². The maximum atomic E-state index is 11.7. The first-order valence-electron chi connectivity index (χ1n) is 5.61. The van der Waals surface area contributed by atoms with E-state index in [1.807, 2.05) is 37.1 Å². The molecule has 16 heavy (non-hydrogen) atoms. The lowest BCUT2D eigenvalue weighted by Gasteiger charge is -2.25. The second kappa shape index (κ2) is 4.22. The molecule has 1 saturated heterocycles. The van der Waals surface area contributed by atoms with Gasteiger partial charge >= 0.3 is 0 Å². The first-order chi connectivity index (χ1) is 7.63. The minimum atomic E-state index is -0.114. The van der Waals surface area contributed by atoms with E-state index < -0.39 is 0 Å². The summed E-state index contributed by atoms with van der Waals surface area (Å²) < 4.78 is 0. The molecule has 0 unspecified atom stereocenters. The lowest BCUT2D eigenvalue weighted by Crippen LogP contribution is -2.32. The number of carbonyl (C=O) groups excluding carboxylic acids is 1. The summed E-state index contributed by atoms with van der Waals surface area (Å²) in [6, 6.07) is 3.84. The molecule has 1 aromatic heterocycles. The van der Waals surface area contributed by atoms with Gasteiger partial charge in [0.15, 0.2) is 0 Å². The second-order valence-corrected chi connectivity index (χ2v) is 4.23. The Hall–Kier alpha value is -1.42. The van der Waals surface area contributed by atoms with E-state index in [2.05, 4.69) is 4.98 Å². The first kappa shape index (κ1) is 11.1. The number of carbonyl (C=O) groups is 1. The molecule has 0 aromatic carbocycles. The Kier molecular flexibility index (Phi) is 2.92. The number of likely N-dealkylation sites (tertiary alicyclic amines) is 1. The Bertz CT molecular complexity index is 388. The molecule has 0 bridgehead atoms. The molecule has 2 atom stereocenters. The highest BCUT2D eigenvalue weighted by Gasteiger charge is 2.37. The first-order valence-corrected chi connectivity index (χ1v) is 5.61. The van der Waals surface area contributed by atoms with Crippen LogP contribution < -0.4 is 5.73 Å². The van der Waals surface area contributed by atoms with Crippen LogP contribution in [0.5, 0.6) is 0 Å². The van der Waals surface area contributed by atoms with E-state index in [1.54, 1.807) is 0 Å². The third-order valence-electron chi connectivity index (χ3n) is 3.09. The Balaban J connectivity index is 2.31. The quantitative estimate of drug-likeness (QED) is 0.807. The molecule has 1 aromatic rings. The SMILES string of the molecule is CCN1C(=O)C[C@H](N)[C@H]1c1ccc(C)nc1. The summed E-state index contributed by atoms with van der Waals surface area (Å²) in [5.74, 6) is 0.139. The van der Waals surface area contributed by atoms with Crippen molar-refractivity contribution in [3.8, 4) is 0 Å². The van der Waals surface area contributed by atoms with Crippen LogP contribution in [0.25, 0.3) is 0 Å². The van der Waals surface area contributed by atoms with Crippen LogP contribution in [-0.2, 0) is 4.79 Å². The number of pyridine rings is 1. The predicted octanol–water partition coefficient (Wildman–Crippen LogP) is 1.01. The molecule has 4 heteroatoms. The number of hydrogen-bond acceptors (Lipinski definition) is 3. The summed E-state index contributed by atoms with van der Waals surface area (Å²) in [4.78, 5) is 17.8. The van der Waals surface area contributed by atoms with Crippen molar-refractivity contribution in [3.05, 3.63) is 29.6 Å².